The summed E-state index contributed by atoms with van der Waals surface area (Å²) in [5.41, 5.74) is 4.62. The number of nitrogens with zero attached hydrogens (tertiary/aromatic N) is 3. The van der Waals surface area contributed by atoms with Gasteiger partial charge in [0.05, 0.1) is 16.4 Å². The van der Waals surface area contributed by atoms with Crippen LogP contribution in [0.15, 0.2) is 12.1 Å². The van der Waals surface area contributed by atoms with Crippen LogP contribution in [0, 0.1) is 0 Å². The van der Waals surface area contributed by atoms with Gasteiger partial charge in [-0.25, -0.2) is 9.97 Å². The lowest BCUT2D eigenvalue weighted by Crippen LogP contribution is -2.20. The fraction of sp³-hybridized carbons (Fsp3) is 0.440. The Hall–Kier alpha value is -3.22. The molecule has 2 unspecified atom stereocenters. The molecule has 32 heavy (non-hydrogen) atoms. The minimum atomic E-state index is -0.792. The van der Waals surface area contributed by atoms with Crippen molar-refractivity contribution in [2.75, 3.05) is 0 Å². The zero-order valence-electron chi connectivity index (χ0n) is 18.9. The van der Waals surface area contributed by atoms with Crippen molar-refractivity contribution in [3.63, 3.8) is 0 Å². The summed E-state index contributed by atoms with van der Waals surface area (Å²) in [6, 6.07) is 4.38. The number of rotatable bonds is 0. The number of imidazole rings is 1. The molecule has 2 aliphatic rings. The minimum Gasteiger partial charge on any atom is -0.504 e. The van der Waals surface area contributed by atoms with Gasteiger partial charge in [0.2, 0.25) is 11.5 Å². The predicted molar refractivity (Wildman–Crippen MR) is 122 cm³/mol. The van der Waals surface area contributed by atoms with Gasteiger partial charge in [0.15, 0.2) is 17.1 Å². The van der Waals surface area contributed by atoms with Gasteiger partial charge in [-0.3, -0.25) is 4.40 Å². The van der Waals surface area contributed by atoms with E-state index in [0.29, 0.717) is 11.5 Å². The quantitative estimate of drug-likeness (QED) is 0.233. The van der Waals surface area contributed by atoms with Gasteiger partial charge in [0.1, 0.15) is 11.3 Å². The monoisotopic (exact) mass is 433 g/mol. The molecule has 2 aromatic heterocycles. The van der Waals surface area contributed by atoms with Crippen LogP contribution in [0.3, 0.4) is 0 Å². The zero-order chi connectivity index (χ0) is 23.0. The maximum absolute atomic E-state index is 10.7. The van der Waals surface area contributed by atoms with E-state index in [-0.39, 0.29) is 21.7 Å². The van der Waals surface area contributed by atoms with Crippen molar-refractivity contribution in [2.45, 2.75) is 70.1 Å². The standard InChI is InChI=1S/C25H27N3O4/c1-23(2,3)22-27-16-15(17(29)19(31)20(32)18(16)30)21-26-13-8-11-12(9-14(13)28(21)22)25(5)7-6-24(11,4)10-25/h8-9,29-32H,6-7,10H2,1-5H3. The van der Waals surface area contributed by atoms with Crippen molar-refractivity contribution in [1.82, 2.24) is 14.4 Å². The Kier molecular flexibility index (Phi) is 3.28. The molecule has 2 heterocycles. The fourth-order valence-corrected chi connectivity index (χ4v) is 6.22. The molecule has 1 fully saturated rings. The van der Waals surface area contributed by atoms with Gasteiger partial charge < -0.3 is 20.4 Å². The Morgan fingerprint density at radius 3 is 2.06 bits per heavy atom. The Labute approximate surface area is 185 Å². The number of benzene rings is 2. The maximum Gasteiger partial charge on any atom is 0.206 e. The number of hydrogen-bond acceptors (Lipinski definition) is 6. The number of phenolic OH excluding ortho intramolecular Hbond substituents is 4. The van der Waals surface area contributed by atoms with Crippen molar-refractivity contribution in [3.8, 4) is 23.0 Å². The van der Waals surface area contributed by atoms with Crippen molar-refractivity contribution in [1.29, 1.82) is 0 Å². The molecule has 0 radical (unpaired) electrons. The summed E-state index contributed by atoms with van der Waals surface area (Å²) in [6.45, 7) is 10.7. The Balaban J connectivity index is 1.85. The predicted octanol–water partition coefficient (Wildman–Crippen LogP) is 4.87. The van der Waals surface area contributed by atoms with E-state index in [0.717, 1.165) is 30.3 Å². The highest BCUT2D eigenvalue weighted by Gasteiger charge is 2.53. The largest absolute Gasteiger partial charge is 0.504 e. The molecular weight excluding hydrogens is 406 g/mol. The van der Waals surface area contributed by atoms with Crippen LogP contribution in [0.4, 0.5) is 0 Å². The molecular formula is C25H27N3O4. The van der Waals surface area contributed by atoms with Crippen molar-refractivity contribution in [3.05, 3.63) is 29.1 Å². The Morgan fingerprint density at radius 1 is 0.844 bits per heavy atom. The van der Waals surface area contributed by atoms with E-state index in [1.807, 2.05) is 25.2 Å². The van der Waals surface area contributed by atoms with Gasteiger partial charge in [-0.15, -0.1) is 0 Å². The highest BCUT2D eigenvalue weighted by molar-refractivity contribution is 6.06. The first-order valence-electron chi connectivity index (χ1n) is 11.0. The average Bonchev–Trinajstić information content (AvgIpc) is 3.32. The minimum absolute atomic E-state index is 0.0112. The highest BCUT2D eigenvalue weighted by Crippen LogP contribution is 2.61. The summed E-state index contributed by atoms with van der Waals surface area (Å²) in [7, 11) is 0. The van der Waals surface area contributed by atoms with E-state index in [9.17, 15) is 20.4 Å². The summed E-state index contributed by atoms with van der Waals surface area (Å²) < 4.78 is 1.92. The molecule has 0 spiro atoms. The summed E-state index contributed by atoms with van der Waals surface area (Å²) in [6.07, 6.45) is 3.46. The third kappa shape index (κ3) is 2.11. The van der Waals surface area contributed by atoms with Gasteiger partial charge in [-0.05, 0) is 53.4 Å². The Bertz CT molecular complexity index is 1510. The van der Waals surface area contributed by atoms with Crippen molar-refractivity contribution >= 4 is 27.6 Å². The van der Waals surface area contributed by atoms with E-state index in [4.69, 9.17) is 4.98 Å². The Morgan fingerprint density at radius 2 is 1.44 bits per heavy atom. The average molecular weight is 434 g/mol. The van der Waals surface area contributed by atoms with Gasteiger partial charge >= 0.3 is 0 Å². The highest BCUT2D eigenvalue weighted by atomic mass is 16.3. The van der Waals surface area contributed by atoms with E-state index >= 15 is 0 Å². The van der Waals surface area contributed by atoms with E-state index in [1.165, 1.54) is 11.1 Å². The molecule has 0 aliphatic heterocycles. The first-order chi connectivity index (χ1) is 14.9. The molecule has 0 saturated heterocycles. The number of aromatic nitrogens is 3. The van der Waals surface area contributed by atoms with Gasteiger partial charge in [-0.2, -0.15) is 0 Å². The third-order valence-corrected chi connectivity index (χ3v) is 7.80. The summed E-state index contributed by atoms with van der Waals surface area (Å²) in [4.78, 5) is 9.54. The van der Waals surface area contributed by atoms with Crippen LogP contribution in [-0.4, -0.2) is 34.8 Å². The second kappa shape index (κ2) is 5.39. The summed E-state index contributed by atoms with van der Waals surface area (Å²) >= 11 is 0. The molecule has 1 saturated carbocycles. The lowest BCUT2D eigenvalue weighted by atomic mass is 9.78. The molecule has 2 aliphatic carbocycles. The topological polar surface area (TPSA) is 111 Å². The number of fused-ring (bicyclic) bond motifs is 10. The summed E-state index contributed by atoms with van der Waals surface area (Å²) in [5.74, 6) is -2.05. The zero-order valence-corrected chi connectivity index (χ0v) is 18.9. The SMILES string of the molecule is CC(C)(C)c1nc2c(O)c(O)c(O)c(O)c2c2nc3cc4c(cc3n12)C1(C)CCC4(C)C1. The molecule has 2 aromatic carbocycles. The van der Waals surface area contributed by atoms with Crippen LogP contribution in [-0.2, 0) is 16.2 Å². The van der Waals surface area contributed by atoms with E-state index in [1.54, 1.807) is 0 Å². The molecule has 2 atom stereocenters. The van der Waals surface area contributed by atoms with Gasteiger partial charge in [0.25, 0.3) is 0 Å². The van der Waals surface area contributed by atoms with Gasteiger partial charge in [0, 0.05) is 5.41 Å². The molecule has 7 nitrogen and oxygen atoms in total. The lowest BCUT2D eigenvalue weighted by molar-refractivity contribution is 0.350. The first kappa shape index (κ1) is 19.5. The van der Waals surface area contributed by atoms with Crippen LogP contribution in [0.25, 0.3) is 27.6 Å². The van der Waals surface area contributed by atoms with Crippen LogP contribution in [0.1, 0.15) is 70.8 Å². The second-order valence-electron chi connectivity index (χ2n) is 11.3. The maximum atomic E-state index is 10.7. The van der Waals surface area contributed by atoms with Crippen molar-refractivity contribution in [2.24, 2.45) is 0 Å². The van der Waals surface area contributed by atoms with Gasteiger partial charge in [-0.1, -0.05) is 34.6 Å². The van der Waals surface area contributed by atoms with E-state index < -0.39 is 28.4 Å². The first-order valence-corrected chi connectivity index (χ1v) is 11.0. The molecule has 4 aromatic rings. The fourth-order valence-electron chi connectivity index (χ4n) is 6.22. The van der Waals surface area contributed by atoms with Crippen LogP contribution in [0.5, 0.6) is 23.0 Å². The molecule has 6 rings (SSSR count). The summed E-state index contributed by atoms with van der Waals surface area (Å²) in [5, 5.41) is 41.7. The number of phenols is 4. The second-order valence-corrected chi connectivity index (χ2v) is 11.3. The number of hydrogen-bond donors (Lipinski definition) is 4. The molecule has 0 amide bonds. The smallest absolute Gasteiger partial charge is 0.206 e. The van der Waals surface area contributed by atoms with Crippen LogP contribution >= 0.6 is 0 Å². The van der Waals surface area contributed by atoms with Crippen molar-refractivity contribution < 1.29 is 20.4 Å². The normalized spacial score (nSPS) is 24.8. The van der Waals surface area contributed by atoms with E-state index in [2.05, 4.69) is 31.0 Å². The number of aromatic hydroxyl groups is 4. The van der Waals surface area contributed by atoms with Crippen LogP contribution < -0.4 is 0 Å². The molecule has 7 heteroatoms. The van der Waals surface area contributed by atoms with Crippen LogP contribution in [0.2, 0.25) is 0 Å². The molecule has 4 N–H and O–H groups in total. The molecule has 166 valence electrons. The lowest BCUT2D eigenvalue weighted by Gasteiger charge is -2.27. The molecule has 2 bridgehead atoms. The third-order valence-electron chi connectivity index (χ3n) is 7.80.